The fourth-order valence-corrected chi connectivity index (χ4v) is 4.90. The van der Waals surface area contributed by atoms with Crippen LogP contribution in [0.25, 0.3) is 5.69 Å². The first-order valence-electron chi connectivity index (χ1n) is 10.6. The number of halogens is 2. The van der Waals surface area contributed by atoms with Gasteiger partial charge in [-0.25, -0.2) is 4.79 Å². The number of nitrogens with zero attached hydrogens (tertiary/aromatic N) is 3. The largest absolute Gasteiger partial charge is 0.328 e. The van der Waals surface area contributed by atoms with E-state index in [-0.39, 0.29) is 6.03 Å². The van der Waals surface area contributed by atoms with E-state index in [4.69, 9.17) is 11.6 Å². The standard InChI is InChI=1S/C25H23BrClN5OS/c1-16-11-12-20(27)14-22(16)32-23(30-31-25(32)34-15-18-7-4-3-5-8-18)17(2)28-24(33)29-21-10-6-9-19(26)13-21/h3-14,17H,15H2,1-2H3,(H2,28,29,33). The van der Waals surface area contributed by atoms with Crippen LogP contribution in [-0.4, -0.2) is 20.8 Å². The molecule has 9 heteroatoms. The van der Waals surface area contributed by atoms with Gasteiger partial charge >= 0.3 is 6.03 Å². The zero-order chi connectivity index (χ0) is 24.1. The predicted molar refractivity (Wildman–Crippen MR) is 142 cm³/mol. The van der Waals surface area contributed by atoms with Crippen molar-refractivity contribution in [2.24, 2.45) is 0 Å². The van der Waals surface area contributed by atoms with Gasteiger partial charge in [0.2, 0.25) is 0 Å². The summed E-state index contributed by atoms with van der Waals surface area (Å²) >= 11 is 11.3. The first-order valence-corrected chi connectivity index (χ1v) is 12.8. The molecule has 0 fully saturated rings. The Morgan fingerprint density at radius 1 is 1.09 bits per heavy atom. The van der Waals surface area contributed by atoms with Gasteiger partial charge in [-0.2, -0.15) is 0 Å². The van der Waals surface area contributed by atoms with Gasteiger partial charge < -0.3 is 10.6 Å². The van der Waals surface area contributed by atoms with E-state index < -0.39 is 6.04 Å². The van der Waals surface area contributed by atoms with Crippen molar-refractivity contribution in [2.45, 2.75) is 30.8 Å². The molecule has 0 bridgehead atoms. The highest BCUT2D eigenvalue weighted by atomic mass is 79.9. The average Bonchev–Trinajstić information content (AvgIpc) is 3.24. The molecule has 0 saturated carbocycles. The van der Waals surface area contributed by atoms with Crippen LogP contribution < -0.4 is 10.6 Å². The van der Waals surface area contributed by atoms with Gasteiger partial charge in [0.15, 0.2) is 11.0 Å². The summed E-state index contributed by atoms with van der Waals surface area (Å²) in [4.78, 5) is 12.7. The number of nitrogens with one attached hydrogen (secondary N) is 2. The molecule has 2 amide bonds. The van der Waals surface area contributed by atoms with Crippen molar-refractivity contribution in [3.8, 4) is 5.69 Å². The summed E-state index contributed by atoms with van der Waals surface area (Å²) in [7, 11) is 0. The molecule has 1 unspecified atom stereocenters. The zero-order valence-electron chi connectivity index (χ0n) is 18.6. The summed E-state index contributed by atoms with van der Waals surface area (Å²) in [6.45, 7) is 3.89. The quantitative estimate of drug-likeness (QED) is 0.237. The van der Waals surface area contributed by atoms with Crippen molar-refractivity contribution >= 4 is 51.0 Å². The zero-order valence-corrected chi connectivity index (χ0v) is 21.8. The lowest BCUT2D eigenvalue weighted by Gasteiger charge is -2.18. The molecular weight excluding hydrogens is 534 g/mol. The van der Waals surface area contributed by atoms with Gasteiger partial charge in [-0.15, -0.1) is 10.2 Å². The number of aryl methyl sites for hydroxylation is 1. The van der Waals surface area contributed by atoms with E-state index in [0.717, 1.165) is 26.6 Å². The van der Waals surface area contributed by atoms with Crippen molar-refractivity contribution in [2.75, 3.05) is 5.32 Å². The van der Waals surface area contributed by atoms with Gasteiger partial charge in [-0.3, -0.25) is 4.57 Å². The number of amides is 2. The second-order valence-electron chi connectivity index (χ2n) is 7.71. The van der Waals surface area contributed by atoms with Crippen LogP contribution in [0, 0.1) is 6.92 Å². The van der Waals surface area contributed by atoms with Crippen LogP contribution in [0.15, 0.2) is 82.4 Å². The Morgan fingerprint density at radius 3 is 2.65 bits per heavy atom. The fraction of sp³-hybridized carbons (Fsp3) is 0.160. The van der Waals surface area contributed by atoms with Gasteiger partial charge in [0.05, 0.1) is 11.7 Å². The summed E-state index contributed by atoms with van der Waals surface area (Å²) in [6.07, 6.45) is 0. The highest BCUT2D eigenvalue weighted by Crippen LogP contribution is 2.30. The van der Waals surface area contributed by atoms with Crippen LogP contribution in [0.2, 0.25) is 5.02 Å². The van der Waals surface area contributed by atoms with Crippen molar-refractivity contribution in [1.82, 2.24) is 20.1 Å². The topological polar surface area (TPSA) is 71.8 Å². The summed E-state index contributed by atoms with van der Waals surface area (Å²) in [5, 5.41) is 16.1. The van der Waals surface area contributed by atoms with Crippen LogP contribution in [-0.2, 0) is 5.75 Å². The molecule has 0 radical (unpaired) electrons. The molecule has 6 nitrogen and oxygen atoms in total. The number of anilines is 1. The van der Waals surface area contributed by atoms with Gasteiger partial charge in [0.25, 0.3) is 0 Å². The molecular formula is C25H23BrClN5OS. The first kappa shape index (κ1) is 24.3. The van der Waals surface area contributed by atoms with E-state index in [0.29, 0.717) is 16.5 Å². The van der Waals surface area contributed by atoms with Gasteiger partial charge in [0.1, 0.15) is 0 Å². The maximum atomic E-state index is 12.7. The number of benzene rings is 3. The minimum absolute atomic E-state index is 0.332. The van der Waals surface area contributed by atoms with Gasteiger partial charge in [-0.1, -0.05) is 81.8 Å². The Kier molecular flexibility index (Phi) is 7.92. The molecule has 1 heterocycles. The second-order valence-corrected chi connectivity index (χ2v) is 10.0. The van der Waals surface area contributed by atoms with Crippen LogP contribution in [0.5, 0.6) is 0 Å². The van der Waals surface area contributed by atoms with Crippen LogP contribution in [0.4, 0.5) is 10.5 Å². The minimum Gasteiger partial charge on any atom is -0.328 e. The predicted octanol–water partition coefficient (Wildman–Crippen LogP) is 7.17. The van der Waals surface area contributed by atoms with Crippen LogP contribution in [0.3, 0.4) is 0 Å². The summed E-state index contributed by atoms with van der Waals surface area (Å²) in [5.74, 6) is 1.36. The molecule has 0 spiro atoms. The number of rotatable bonds is 7. The van der Waals surface area contributed by atoms with Crippen molar-refractivity contribution in [3.05, 3.63) is 99.2 Å². The van der Waals surface area contributed by atoms with E-state index in [1.165, 1.54) is 5.56 Å². The van der Waals surface area contributed by atoms with Crippen molar-refractivity contribution in [1.29, 1.82) is 0 Å². The lowest BCUT2D eigenvalue weighted by Crippen LogP contribution is -2.32. The van der Waals surface area contributed by atoms with E-state index in [2.05, 4.69) is 48.9 Å². The van der Waals surface area contributed by atoms with E-state index in [1.54, 1.807) is 11.8 Å². The third-order valence-electron chi connectivity index (χ3n) is 5.10. The van der Waals surface area contributed by atoms with Gasteiger partial charge in [0, 0.05) is 20.9 Å². The molecule has 174 valence electrons. The summed E-state index contributed by atoms with van der Waals surface area (Å²) in [6, 6.07) is 22.6. The third-order valence-corrected chi connectivity index (χ3v) is 6.83. The molecule has 0 saturated heterocycles. The Labute approximate surface area is 216 Å². The third kappa shape index (κ3) is 6.00. The molecule has 3 aromatic carbocycles. The van der Waals surface area contributed by atoms with Crippen LogP contribution >= 0.6 is 39.3 Å². The Bertz CT molecular complexity index is 1300. The second kappa shape index (κ2) is 11.1. The Morgan fingerprint density at radius 2 is 1.88 bits per heavy atom. The Balaban J connectivity index is 1.61. The number of hydrogen-bond donors (Lipinski definition) is 2. The maximum Gasteiger partial charge on any atom is 0.319 e. The van der Waals surface area contributed by atoms with E-state index in [1.807, 2.05) is 79.1 Å². The van der Waals surface area contributed by atoms with Crippen molar-refractivity contribution in [3.63, 3.8) is 0 Å². The highest BCUT2D eigenvalue weighted by molar-refractivity contribution is 9.10. The lowest BCUT2D eigenvalue weighted by atomic mass is 10.2. The summed E-state index contributed by atoms with van der Waals surface area (Å²) < 4.78 is 2.85. The number of carbonyl (C=O) groups excluding carboxylic acids is 1. The summed E-state index contributed by atoms with van der Waals surface area (Å²) in [5.41, 5.74) is 3.78. The number of hydrogen-bond acceptors (Lipinski definition) is 4. The number of urea groups is 1. The monoisotopic (exact) mass is 555 g/mol. The van der Waals surface area contributed by atoms with E-state index in [9.17, 15) is 4.79 Å². The van der Waals surface area contributed by atoms with Gasteiger partial charge in [-0.05, 0) is 55.3 Å². The molecule has 2 N–H and O–H groups in total. The molecule has 1 aromatic heterocycles. The minimum atomic E-state index is -0.413. The molecule has 0 aliphatic carbocycles. The van der Waals surface area contributed by atoms with Crippen LogP contribution in [0.1, 0.15) is 29.9 Å². The molecule has 0 aliphatic rings. The van der Waals surface area contributed by atoms with Crippen molar-refractivity contribution < 1.29 is 4.79 Å². The molecule has 4 rings (SSSR count). The highest BCUT2D eigenvalue weighted by Gasteiger charge is 2.22. The molecule has 4 aromatic rings. The van der Waals surface area contributed by atoms with E-state index >= 15 is 0 Å². The number of carbonyl (C=O) groups is 1. The first-order chi connectivity index (χ1) is 16.4. The molecule has 34 heavy (non-hydrogen) atoms. The SMILES string of the molecule is Cc1ccc(Cl)cc1-n1c(SCc2ccccc2)nnc1C(C)NC(=O)Nc1cccc(Br)c1. The average molecular weight is 557 g/mol. The Hall–Kier alpha value is -2.81. The lowest BCUT2D eigenvalue weighted by molar-refractivity contribution is 0.249. The smallest absolute Gasteiger partial charge is 0.319 e. The maximum absolute atomic E-state index is 12.7. The normalized spacial score (nSPS) is 11.8. The molecule has 0 aliphatic heterocycles. The number of aromatic nitrogens is 3. The fourth-order valence-electron chi connectivity index (χ4n) is 3.42. The molecule has 1 atom stereocenters. The number of thioether (sulfide) groups is 1.